The zero-order valence-electron chi connectivity index (χ0n) is 20.8. The smallest absolute Gasteiger partial charge is 0.339 e. The molecule has 1 unspecified atom stereocenters. The van der Waals surface area contributed by atoms with E-state index in [-0.39, 0.29) is 5.78 Å². The number of esters is 1. The van der Waals surface area contributed by atoms with Crippen LogP contribution in [0.3, 0.4) is 0 Å². The number of para-hydroxylation sites is 1. The lowest BCUT2D eigenvalue weighted by Gasteiger charge is -2.21. The van der Waals surface area contributed by atoms with Gasteiger partial charge in [-0.15, -0.1) is 0 Å². The predicted molar refractivity (Wildman–Crippen MR) is 137 cm³/mol. The number of ether oxygens (including phenoxy) is 4. The molecule has 2 aliphatic carbocycles. The Labute approximate surface area is 210 Å². The van der Waals surface area contributed by atoms with Crippen molar-refractivity contribution >= 4 is 34.3 Å². The molecule has 1 fully saturated rings. The normalized spacial score (nSPS) is 18.2. The molecule has 2 aliphatic rings. The van der Waals surface area contributed by atoms with Crippen LogP contribution in [-0.2, 0) is 16.0 Å². The molecule has 2 aromatic carbocycles. The van der Waals surface area contributed by atoms with Gasteiger partial charge in [0.2, 0.25) is 5.75 Å². The Morgan fingerprint density at radius 3 is 2.42 bits per heavy atom. The quantitative estimate of drug-likeness (QED) is 0.430. The summed E-state index contributed by atoms with van der Waals surface area (Å²) in [5.41, 5.74) is 4.76. The molecule has 0 bridgehead atoms. The van der Waals surface area contributed by atoms with Crippen LogP contribution in [0.2, 0.25) is 0 Å². The first-order valence-corrected chi connectivity index (χ1v) is 12.2. The second-order valence-electron chi connectivity index (χ2n) is 9.07. The van der Waals surface area contributed by atoms with Crippen LogP contribution in [-0.4, -0.2) is 44.2 Å². The number of methoxy groups -OCH3 is 3. The summed E-state index contributed by atoms with van der Waals surface area (Å²) in [7, 11) is 4.74. The number of pyridine rings is 1. The van der Waals surface area contributed by atoms with Crippen LogP contribution in [0.15, 0.2) is 36.4 Å². The number of hydrogen-bond acceptors (Lipinski definition) is 7. The first-order valence-electron chi connectivity index (χ1n) is 12.2. The summed E-state index contributed by atoms with van der Waals surface area (Å²) >= 11 is 0. The van der Waals surface area contributed by atoms with Gasteiger partial charge in [-0.1, -0.05) is 18.2 Å². The van der Waals surface area contributed by atoms with E-state index in [9.17, 15) is 9.59 Å². The van der Waals surface area contributed by atoms with Gasteiger partial charge in [-0.25, -0.2) is 9.78 Å². The number of fused-ring (bicyclic) bond motifs is 2. The second kappa shape index (κ2) is 10.0. The maximum atomic E-state index is 13.5. The van der Waals surface area contributed by atoms with Gasteiger partial charge < -0.3 is 18.9 Å². The lowest BCUT2D eigenvalue weighted by Crippen LogP contribution is -2.30. The van der Waals surface area contributed by atoms with Crippen molar-refractivity contribution in [2.24, 2.45) is 0 Å². The van der Waals surface area contributed by atoms with E-state index in [1.54, 1.807) is 21.3 Å². The highest BCUT2D eigenvalue weighted by Crippen LogP contribution is 2.42. The molecule has 0 N–H and O–H groups in total. The number of carbonyl (C=O) groups is 2. The lowest BCUT2D eigenvalue weighted by atomic mass is 9.96. The van der Waals surface area contributed by atoms with E-state index in [1.165, 1.54) is 0 Å². The highest BCUT2D eigenvalue weighted by molar-refractivity contribution is 6.08. The molecule has 1 heterocycles. The molecule has 0 radical (unpaired) electrons. The van der Waals surface area contributed by atoms with Crippen molar-refractivity contribution in [3.63, 3.8) is 0 Å². The number of aromatic nitrogens is 1. The second-order valence-corrected chi connectivity index (χ2v) is 9.07. The van der Waals surface area contributed by atoms with Crippen LogP contribution in [0.5, 0.6) is 17.2 Å². The van der Waals surface area contributed by atoms with Crippen molar-refractivity contribution in [2.45, 2.75) is 44.6 Å². The summed E-state index contributed by atoms with van der Waals surface area (Å²) in [6, 6.07) is 11.4. The maximum Gasteiger partial charge on any atom is 0.339 e. The zero-order valence-corrected chi connectivity index (χ0v) is 20.8. The molecule has 7 heteroatoms. The molecule has 0 saturated heterocycles. The standard InChI is InChI=1S/C29H29NO6/c1-33-24-15-17(16-25(34-2)28(24)35-3)14-18-12-13-20-26(19-8-4-5-9-21(19)30-27(18)20)29(32)36-23-11-7-6-10-22(23)31/h4-5,8-9,14-16,23H,6-7,10-13H2,1-3H3. The summed E-state index contributed by atoms with van der Waals surface area (Å²) in [6.07, 6.45) is 5.56. The van der Waals surface area contributed by atoms with E-state index in [2.05, 4.69) is 0 Å². The van der Waals surface area contributed by atoms with Crippen molar-refractivity contribution in [3.8, 4) is 17.2 Å². The Morgan fingerprint density at radius 1 is 0.972 bits per heavy atom. The van der Waals surface area contributed by atoms with E-state index in [0.29, 0.717) is 42.1 Å². The number of ketones is 1. The SMILES string of the molecule is COc1cc(C=C2CCc3c2nc2ccccc2c3C(=O)OC2CCCCC2=O)cc(OC)c1OC. The van der Waals surface area contributed by atoms with E-state index >= 15 is 0 Å². The number of allylic oxidation sites excluding steroid dienone is 1. The minimum absolute atomic E-state index is 0.00703. The Hall–Kier alpha value is -3.87. The number of nitrogens with zero attached hydrogens (tertiary/aromatic N) is 1. The van der Waals surface area contributed by atoms with Crippen LogP contribution >= 0.6 is 0 Å². The summed E-state index contributed by atoms with van der Waals surface area (Å²) in [4.78, 5) is 30.7. The summed E-state index contributed by atoms with van der Waals surface area (Å²) in [5.74, 6) is 1.22. The Kier molecular flexibility index (Phi) is 6.63. The third kappa shape index (κ3) is 4.30. The summed E-state index contributed by atoms with van der Waals surface area (Å²) in [6.45, 7) is 0. The van der Waals surface area contributed by atoms with Crippen molar-refractivity contribution in [2.75, 3.05) is 21.3 Å². The fraction of sp³-hybridized carbons (Fsp3) is 0.345. The van der Waals surface area contributed by atoms with E-state index in [0.717, 1.165) is 52.6 Å². The molecular weight excluding hydrogens is 458 g/mol. The molecule has 186 valence electrons. The largest absolute Gasteiger partial charge is 0.493 e. The average Bonchev–Trinajstić information content (AvgIpc) is 3.29. The fourth-order valence-corrected chi connectivity index (χ4v) is 5.16. The van der Waals surface area contributed by atoms with Crippen LogP contribution in [0.1, 0.15) is 59.3 Å². The van der Waals surface area contributed by atoms with Gasteiger partial charge in [0, 0.05) is 11.8 Å². The molecule has 1 aromatic heterocycles. The van der Waals surface area contributed by atoms with E-state index < -0.39 is 12.1 Å². The zero-order chi connectivity index (χ0) is 25.2. The Morgan fingerprint density at radius 2 is 1.72 bits per heavy atom. The number of carbonyl (C=O) groups excluding carboxylic acids is 2. The van der Waals surface area contributed by atoms with Crippen molar-refractivity contribution in [1.29, 1.82) is 0 Å². The minimum atomic E-state index is -0.663. The van der Waals surface area contributed by atoms with Crippen LogP contribution in [0.25, 0.3) is 22.6 Å². The van der Waals surface area contributed by atoms with Gasteiger partial charge in [-0.05, 0) is 73.1 Å². The number of rotatable bonds is 6. The maximum absolute atomic E-state index is 13.5. The number of Topliss-reactive ketones (excluding diaryl/α,β-unsaturated/α-hetero) is 1. The monoisotopic (exact) mass is 487 g/mol. The van der Waals surface area contributed by atoms with E-state index in [1.807, 2.05) is 42.5 Å². The minimum Gasteiger partial charge on any atom is -0.493 e. The Balaban J connectivity index is 1.59. The lowest BCUT2D eigenvalue weighted by molar-refractivity contribution is -0.129. The first-order chi connectivity index (χ1) is 17.5. The number of hydrogen-bond donors (Lipinski definition) is 0. The highest BCUT2D eigenvalue weighted by atomic mass is 16.5. The van der Waals surface area contributed by atoms with Gasteiger partial charge in [0.1, 0.15) is 0 Å². The van der Waals surface area contributed by atoms with Crippen molar-refractivity contribution < 1.29 is 28.5 Å². The molecule has 0 spiro atoms. The molecule has 0 amide bonds. The van der Waals surface area contributed by atoms with Crippen LogP contribution in [0.4, 0.5) is 0 Å². The van der Waals surface area contributed by atoms with Gasteiger partial charge in [-0.2, -0.15) is 0 Å². The average molecular weight is 488 g/mol. The molecule has 3 aromatic rings. The number of benzene rings is 2. The third-order valence-corrected chi connectivity index (χ3v) is 6.92. The third-order valence-electron chi connectivity index (χ3n) is 6.92. The first kappa shape index (κ1) is 23.9. The van der Waals surface area contributed by atoms with Crippen molar-refractivity contribution in [1.82, 2.24) is 4.98 Å². The topological polar surface area (TPSA) is 84.0 Å². The molecule has 36 heavy (non-hydrogen) atoms. The molecule has 5 rings (SSSR count). The fourth-order valence-electron chi connectivity index (χ4n) is 5.16. The van der Waals surface area contributed by atoms with Crippen LogP contribution < -0.4 is 14.2 Å². The molecule has 7 nitrogen and oxygen atoms in total. The predicted octanol–water partition coefficient (Wildman–Crippen LogP) is 5.42. The highest BCUT2D eigenvalue weighted by Gasteiger charge is 2.31. The van der Waals surface area contributed by atoms with E-state index in [4.69, 9.17) is 23.9 Å². The van der Waals surface area contributed by atoms with Gasteiger partial charge in [-0.3, -0.25) is 4.79 Å². The van der Waals surface area contributed by atoms with Gasteiger partial charge >= 0.3 is 5.97 Å². The molecule has 1 saturated carbocycles. The summed E-state index contributed by atoms with van der Waals surface area (Å²) in [5, 5.41) is 0.749. The van der Waals surface area contributed by atoms with Gasteiger partial charge in [0.15, 0.2) is 23.4 Å². The van der Waals surface area contributed by atoms with Gasteiger partial charge in [0.05, 0.1) is 38.1 Å². The molecule has 0 aliphatic heterocycles. The van der Waals surface area contributed by atoms with Gasteiger partial charge in [0.25, 0.3) is 0 Å². The molecular formula is C29H29NO6. The summed E-state index contributed by atoms with van der Waals surface area (Å²) < 4.78 is 22.2. The molecule has 1 atom stereocenters. The van der Waals surface area contributed by atoms with Crippen molar-refractivity contribution in [3.05, 3.63) is 58.8 Å². The van der Waals surface area contributed by atoms with Crippen LogP contribution in [0, 0.1) is 0 Å². The Bertz CT molecular complexity index is 1350.